The summed E-state index contributed by atoms with van der Waals surface area (Å²) in [5.41, 5.74) is 3.03. The van der Waals surface area contributed by atoms with Crippen LogP contribution in [0.3, 0.4) is 0 Å². The Labute approximate surface area is 137 Å². The molecule has 3 nitrogen and oxygen atoms in total. The highest BCUT2D eigenvalue weighted by Gasteiger charge is 2.40. The molecule has 1 aliphatic rings. The summed E-state index contributed by atoms with van der Waals surface area (Å²) in [5.74, 6) is 0.909. The minimum atomic E-state index is -0.00475. The molecule has 0 bridgehead atoms. The van der Waals surface area contributed by atoms with E-state index < -0.39 is 0 Å². The van der Waals surface area contributed by atoms with Crippen LogP contribution in [0.1, 0.15) is 40.7 Å². The van der Waals surface area contributed by atoms with E-state index in [4.69, 9.17) is 4.74 Å². The van der Waals surface area contributed by atoms with Crippen molar-refractivity contribution in [2.75, 3.05) is 13.7 Å². The molecule has 3 rings (SSSR count). The molecule has 1 saturated carbocycles. The number of hydrogen-bond acceptors (Lipinski definition) is 2. The molecule has 0 spiro atoms. The van der Waals surface area contributed by atoms with Gasteiger partial charge in [-0.1, -0.05) is 42.3 Å². The Morgan fingerprint density at radius 3 is 2.61 bits per heavy atom. The second kappa shape index (κ2) is 6.45. The topological polar surface area (TPSA) is 38.3 Å². The molecule has 0 unspecified atom stereocenters. The minimum Gasteiger partial charge on any atom is -0.496 e. The van der Waals surface area contributed by atoms with Gasteiger partial charge in [0.05, 0.1) is 7.11 Å². The Bertz CT molecular complexity index is 704. The molecule has 3 heteroatoms. The largest absolute Gasteiger partial charge is 0.496 e. The number of benzene rings is 2. The fraction of sp³-hybridized carbons (Fsp3) is 0.350. The number of rotatable bonds is 5. The molecule has 23 heavy (non-hydrogen) atoms. The first-order chi connectivity index (χ1) is 11.1. The fourth-order valence-electron chi connectivity index (χ4n) is 3.37. The maximum atomic E-state index is 12.4. The molecule has 0 aliphatic heterocycles. The predicted molar refractivity (Wildman–Crippen MR) is 92.0 cm³/mol. The van der Waals surface area contributed by atoms with Crippen molar-refractivity contribution < 1.29 is 9.53 Å². The Kier molecular flexibility index (Phi) is 4.37. The third-order valence-corrected chi connectivity index (χ3v) is 4.86. The lowest BCUT2D eigenvalue weighted by molar-refractivity contribution is 0.0926. The number of ether oxygens (including phenoxy) is 1. The van der Waals surface area contributed by atoms with Crippen molar-refractivity contribution in [2.45, 2.75) is 31.6 Å². The molecule has 0 radical (unpaired) electrons. The van der Waals surface area contributed by atoms with Gasteiger partial charge in [-0.05, 0) is 38.0 Å². The van der Waals surface area contributed by atoms with Crippen LogP contribution in [0.25, 0.3) is 0 Å². The molecule has 1 aliphatic carbocycles. The Hall–Kier alpha value is -2.29. The first-order valence-corrected chi connectivity index (χ1v) is 8.13. The SMILES string of the molecule is COc1ccccc1C1(CNC(=O)c2cccc(C)c2)CCC1. The highest BCUT2D eigenvalue weighted by molar-refractivity contribution is 5.94. The van der Waals surface area contributed by atoms with Crippen molar-refractivity contribution in [1.29, 1.82) is 0 Å². The summed E-state index contributed by atoms with van der Waals surface area (Å²) in [6.45, 7) is 2.65. The van der Waals surface area contributed by atoms with Crippen LogP contribution in [0.15, 0.2) is 48.5 Å². The van der Waals surface area contributed by atoms with Crippen molar-refractivity contribution in [3.8, 4) is 5.75 Å². The number of hydrogen-bond donors (Lipinski definition) is 1. The zero-order chi connectivity index (χ0) is 16.3. The van der Waals surface area contributed by atoms with E-state index in [1.165, 1.54) is 12.0 Å². The van der Waals surface area contributed by atoms with Gasteiger partial charge >= 0.3 is 0 Å². The van der Waals surface area contributed by atoms with Gasteiger partial charge in [0, 0.05) is 23.1 Å². The first kappa shape index (κ1) is 15.6. The molecule has 1 amide bonds. The number of nitrogens with one attached hydrogen (secondary N) is 1. The lowest BCUT2D eigenvalue weighted by atomic mass is 9.64. The van der Waals surface area contributed by atoms with Crippen LogP contribution in [0, 0.1) is 6.92 Å². The van der Waals surface area contributed by atoms with Crippen molar-refractivity contribution in [1.82, 2.24) is 5.32 Å². The molecule has 0 aromatic heterocycles. The van der Waals surface area contributed by atoms with E-state index in [2.05, 4.69) is 11.4 Å². The molecule has 2 aromatic rings. The van der Waals surface area contributed by atoms with Gasteiger partial charge in [-0.15, -0.1) is 0 Å². The van der Waals surface area contributed by atoms with Crippen LogP contribution in [-0.4, -0.2) is 19.6 Å². The van der Waals surface area contributed by atoms with Crippen LogP contribution >= 0.6 is 0 Å². The molecule has 2 aromatic carbocycles. The summed E-state index contributed by atoms with van der Waals surface area (Å²) in [7, 11) is 1.70. The number of aryl methyl sites for hydroxylation is 1. The predicted octanol–water partition coefficient (Wildman–Crippen LogP) is 3.86. The molecular formula is C20H23NO2. The van der Waals surface area contributed by atoms with Gasteiger partial charge in [0.25, 0.3) is 5.91 Å². The van der Waals surface area contributed by atoms with Crippen LogP contribution < -0.4 is 10.1 Å². The Balaban J connectivity index is 1.76. The van der Waals surface area contributed by atoms with E-state index >= 15 is 0 Å². The van der Waals surface area contributed by atoms with E-state index in [1.54, 1.807) is 7.11 Å². The summed E-state index contributed by atoms with van der Waals surface area (Å²) in [5, 5.41) is 3.12. The lowest BCUT2D eigenvalue weighted by Crippen LogP contribution is -2.45. The summed E-state index contributed by atoms with van der Waals surface area (Å²) < 4.78 is 5.52. The van der Waals surface area contributed by atoms with Gasteiger partial charge in [-0.2, -0.15) is 0 Å². The molecule has 1 N–H and O–H groups in total. The monoisotopic (exact) mass is 309 g/mol. The molecule has 1 fully saturated rings. The summed E-state index contributed by atoms with van der Waals surface area (Å²) in [6, 6.07) is 15.8. The number of para-hydroxylation sites is 1. The zero-order valence-electron chi connectivity index (χ0n) is 13.8. The Morgan fingerprint density at radius 2 is 1.96 bits per heavy atom. The van der Waals surface area contributed by atoms with Gasteiger partial charge in [0.2, 0.25) is 0 Å². The van der Waals surface area contributed by atoms with Crippen molar-refractivity contribution in [3.63, 3.8) is 0 Å². The van der Waals surface area contributed by atoms with Crippen molar-refractivity contribution >= 4 is 5.91 Å². The van der Waals surface area contributed by atoms with Gasteiger partial charge in [0.15, 0.2) is 0 Å². The summed E-state index contributed by atoms with van der Waals surface area (Å²) >= 11 is 0. The van der Waals surface area contributed by atoms with Crippen LogP contribution in [0.4, 0.5) is 0 Å². The lowest BCUT2D eigenvalue weighted by Gasteiger charge is -2.43. The van der Waals surface area contributed by atoms with Crippen molar-refractivity contribution in [2.24, 2.45) is 0 Å². The van der Waals surface area contributed by atoms with E-state index in [-0.39, 0.29) is 11.3 Å². The average molecular weight is 309 g/mol. The van der Waals surface area contributed by atoms with E-state index in [0.29, 0.717) is 6.54 Å². The number of carbonyl (C=O) groups is 1. The molecule has 0 heterocycles. The second-order valence-corrected chi connectivity index (χ2v) is 6.39. The highest BCUT2D eigenvalue weighted by atomic mass is 16.5. The van der Waals surface area contributed by atoms with Crippen LogP contribution in [0.5, 0.6) is 5.75 Å². The third kappa shape index (κ3) is 3.09. The van der Waals surface area contributed by atoms with Gasteiger partial charge in [-0.25, -0.2) is 0 Å². The second-order valence-electron chi connectivity index (χ2n) is 6.39. The normalized spacial score (nSPS) is 15.6. The van der Waals surface area contributed by atoms with Gasteiger partial charge in [0.1, 0.15) is 5.75 Å². The highest BCUT2D eigenvalue weighted by Crippen LogP contribution is 2.46. The number of amides is 1. The van der Waals surface area contributed by atoms with Crippen LogP contribution in [-0.2, 0) is 5.41 Å². The van der Waals surface area contributed by atoms with Gasteiger partial charge in [-0.3, -0.25) is 4.79 Å². The Morgan fingerprint density at radius 1 is 1.17 bits per heavy atom. The van der Waals surface area contributed by atoms with E-state index in [1.807, 2.05) is 49.4 Å². The van der Waals surface area contributed by atoms with Crippen LogP contribution in [0.2, 0.25) is 0 Å². The molecule has 120 valence electrons. The summed E-state index contributed by atoms with van der Waals surface area (Å²) in [6.07, 6.45) is 3.36. The van der Waals surface area contributed by atoms with Gasteiger partial charge < -0.3 is 10.1 Å². The first-order valence-electron chi connectivity index (χ1n) is 8.13. The smallest absolute Gasteiger partial charge is 0.251 e. The van der Waals surface area contributed by atoms with E-state index in [9.17, 15) is 4.79 Å². The maximum Gasteiger partial charge on any atom is 0.251 e. The van der Waals surface area contributed by atoms with Crippen molar-refractivity contribution in [3.05, 3.63) is 65.2 Å². The van der Waals surface area contributed by atoms with E-state index in [0.717, 1.165) is 29.7 Å². The number of methoxy groups -OCH3 is 1. The molecule has 0 atom stereocenters. The fourth-order valence-corrected chi connectivity index (χ4v) is 3.37. The minimum absolute atomic E-state index is 0.00475. The maximum absolute atomic E-state index is 12.4. The molecular weight excluding hydrogens is 286 g/mol. The standard InChI is InChI=1S/C20H23NO2/c1-15-7-5-8-16(13-15)19(22)21-14-20(11-6-12-20)17-9-3-4-10-18(17)23-2/h3-5,7-10,13H,6,11-12,14H2,1-2H3,(H,21,22). The molecule has 0 saturated heterocycles. The quantitative estimate of drug-likeness (QED) is 0.911. The number of carbonyl (C=O) groups excluding carboxylic acids is 1. The third-order valence-electron chi connectivity index (χ3n) is 4.86. The zero-order valence-corrected chi connectivity index (χ0v) is 13.8. The average Bonchev–Trinajstić information content (AvgIpc) is 2.54. The summed E-state index contributed by atoms with van der Waals surface area (Å²) in [4.78, 5) is 12.4.